The van der Waals surface area contributed by atoms with Crippen molar-refractivity contribution in [2.75, 3.05) is 26.3 Å². The zero-order valence-electron chi connectivity index (χ0n) is 13.8. The highest BCUT2D eigenvalue weighted by molar-refractivity contribution is 6.37. The Morgan fingerprint density at radius 1 is 1.12 bits per heavy atom. The maximum Gasteiger partial charge on any atom is 0.187 e. The highest BCUT2D eigenvalue weighted by atomic mass is 35.5. The van der Waals surface area contributed by atoms with Crippen molar-refractivity contribution in [2.24, 2.45) is 0 Å². The Bertz CT molecular complexity index is 783. The Hall–Kier alpha value is -1.65. The summed E-state index contributed by atoms with van der Waals surface area (Å²) in [5.74, 6) is -0.136. The average molecular weight is 376 g/mol. The van der Waals surface area contributed by atoms with Crippen LogP contribution in [0.4, 0.5) is 0 Å². The van der Waals surface area contributed by atoms with E-state index < -0.39 is 0 Å². The molecule has 3 rings (SSSR count). The Labute approximate surface area is 157 Å². The van der Waals surface area contributed by atoms with Crippen LogP contribution in [0.5, 0.6) is 0 Å². The number of hydrogen-bond acceptors (Lipinski definition) is 3. The van der Waals surface area contributed by atoms with Crippen molar-refractivity contribution >= 4 is 35.1 Å². The molecule has 0 saturated carbocycles. The number of hydrogen-bond donors (Lipinski definition) is 0. The standard InChI is InChI=1S/C20H19Cl2NO2/c21-17-6-7-18(19(22)13-17)20(24)8-5-15-3-1-2-4-16(15)14-23-9-11-25-12-10-23/h1-8,13H,9-12,14H2/b8-5+. The fourth-order valence-corrected chi connectivity index (χ4v) is 3.29. The third-order valence-electron chi connectivity index (χ3n) is 4.16. The summed E-state index contributed by atoms with van der Waals surface area (Å²) in [6.45, 7) is 4.24. The van der Waals surface area contributed by atoms with Gasteiger partial charge in [-0.15, -0.1) is 0 Å². The summed E-state index contributed by atoms with van der Waals surface area (Å²) in [5.41, 5.74) is 2.68. The summed E-state index contributed by atoms with van der Waals surface area (Å²) in [6.07, 6.45) is 3.41. The van der Waals surface area contributed by atoms with Crippen LogP contribution < -0.4 is 0 Å². The maximum absolute atomic E-state index is 12.4. The van der Waals surface area contributed by atoms with Gasteiger partial charge in [-0.2, -0.15) is 0 Å². The maximum atomic E-state index is 12.4. The molecule has 2 aromatic carbocycles. The molecule has 2 aromatic rings. The van der Waals surface area contributed by atoms with Crippen molar-refractivity contribution in [1.82, 2.24) is 4.90 Å². The molecule has 0 aromatic heterocycles. The molecule has 0 bridgehead atoms. The van der Waals surface area contributed by atoms with Crippen molar-refractivity contribution in [3.63, 3.8) is 0 Å². The molecule has 0 radical (unpaired) electrons. The van der Waals surface area contributed by atoms with Gasteiger partial charge in [-0.1, -0.05) is 53.5 Å². The minimum absolute atomic E-state index is 0.136. The Morgan fingerprint density at radius 2 is 1.88 bits per heavy atom. The monoisotopic (exact) mass is 375 g/mol. The summed E-state index contributed by atoms with van der Waals surface area (Å²) in [5, 5.41) is 0.880. The Kier molecular flexibility index (Phi) is 6.27. The fraction of sp³-hybridized carbons (Fsp3) is 0.250. The first-order chi connectivity index (χ1) is 12.1. The molecule has 5 heteroatoms. The van der Waals surface area contributed by atoms with E-state index in [1.807, 2.05) is 24.3 Å². The van der Waals surface area contributed by atoms with E-state index in [1.165, 1.54) is 5.56 Å². The van der Waals surface area contributed by atoms with Crippen LogP contribution in [0.2, 0.25) is 10.0 Å². The third kappa shape index (κ3) is 4.93. The molecule has 0 spiro atoms. The predicted octanol–water partition coefficient (Wildman–Crippen LogP) is 4.72. The molecule has 130 valence electrons. The summed E-state index contributed by atoms with van der Waals surface area (Å²) in [7, 11) is 0. The van der Waals surface area contributed by atoms with Crippen LogP contribution in [0.15, 0.2) is 48.5 Å². The topological polar surface area (TPSA) is 29.5 Å². The van der Waals surface area contributed by atoms with E-state index in [0.717, 1.165) is 38.4 Å². The fourth-order valence-electron chi connectivity index (χ4n) is 2.79. The molecule has 1 aliphatic heterocycles. The quantitative estimate of drug-likeness (QED) is 0.559. The Morgan fingerprint density at radius 3 is 2.64 bits per heavy atom. The van der Waals surface area contributed by atoms with E-state index in [4.69, 9.17) is 27.9 Å². The minimum atomic E-state index is -0.136. The first-order valence-electron chi connectivity index (χ1n) is 8.19. The zero-order chi connectivity index (χ0) is 17.6. The number of carbonyl (C=O) groups excluding carboxylic acids is 1. The molecule has 0 amide bonds. The van der Waals surface area contributed by atoms with Crippen LogP contribution in [0.25, 0.3) is 6.08 Å². The normalized spacial score (nSPS) is 15.6. The van der Waals surface area contributed by atoms with Crippen molar-refractivity contribution in [3.8, 4) is 0 Å². The van der Waals surface area contributed by atoms with E-state index >= 15 is 0 Å². The van der Waals surface area contributed by atoms with Crippen molar-refractivity contribution in [2.45, 2.75) is 6.54 Å². The van der Waals surface area contributed by atoms with Gasteiger partial charge in [0.25, 0.3) is 0 Å². The molecule has 1 aliphatic rings. The van der Waals surface area contributed by atoms with Crippen molar-refractivity contribution in [3.05, 3.63) is 75.3 Å². The highest BCUT2D eigenvalue weighted by Gasteiger charge is 2.12. The van der Waals surface area contributed by atoms with Crippen LogP contribution in [-0.4, -0.2) is 37.0 Å². The number of rotatable bonds is 5. The van der Waals surface area contributed by atoms with Crippen LogP contribution >= 0.6 is 23.2 Å². The first kappa shape index (κ1) is 18.2. The van der Waals surface area contributed by atoms with Gasteiger partial charge in [-0.05, 0) is 35.4 Å². The third-order valence-corrected chi connectivity index (χ3v) is 4.71. The van der Waals surface area contributed by atoms with Crippen molar-refractivity contribution in [1.29, 1.82) is 0 Å². The van der Waals surface area contributed by atoms with Gasteiger partial charge in [0, 0.05) is 30.2 Å². The molecule has 3 nitrogen and oxygen atoms in total. The molecular formula is C20H19Cl2NO2. The van der Waals surface area contributed by atoms with E-state index in [2.05, 4.69) is 11.0 Å². The zero-order valence-corrected chi connectivity index (χ0v) is 15.3. The van der Waals surface area contributed by atoms with Gasteiger partial charge in [0.15, 0.2) is 5.78 Å². The molecule has 1 fully saturated rings. The predicted molar refractivity (Wildman–Crippen MR) is 102 cm³/mol. The van der Waals surface area contributed by atoms with Gasteiger partial charge >= 0.3 is 0 Å². The summed E-state index contributed by atoms with van der Waals surface area (Å²) in [4.78, 5) is 14.8. The van der Waals surface area contributed by atoms with Crippen molar-refractivity contribution < 1.29 is 9.53 Å². The summed E-state index contributed by atoms with van der Waals surface area (Å²) in [6, 6.07) is 13.0. The minimum Gasteiger partial charge on any atom is -0.379 e. The first-order valence-corrected chi connectivity index (χ1v) is 8.94. The number of ketones is 1. The van der Waals surface area contributed by atoms with Crippen LogP contribution in [0.1, 0.15) is 21.5 Å². The van der Waals surface area contributed by atoms with E-state index in [-0.39, 0.29) is 5.78 Å². The van der Waals surface area contributed by atoms with E-state index in [9.17, 15) is 4.79 Å². The van der Waals surface area contributed by atoms with Gasteiger partial charge in [0.1, 0.15) is 0 Å². The number of morpholine rings is 1. The van der Waals surface area contributed by atoms with Crippen LogP contribution in [0.3, 0.4) is 0 Å². The lowest BCUT2D eigenvalue weighted by Gasteiger charge is -2.27. The number of allylic oxidation sites excluding steroid dienone is 1. The number of carbonyl (C=O) groups is 1. The van der Waals surface area contributed by atoms with E-state index in [0.29, 0.717) is 15.6 Å². The molecule has 25 heavy (non-hydrogen) atoms. The second-order valence-corrected chi connectivity index (χ2v) is 6.75. The smallest absolute Gasteiger partial charge is 0.187 e. The second-order valence-electron chi connectivity index (χ2n) is 5.91. The van der Waals surface area contributed by atoms with Gasteiger partial charge in [0.05, 0.1) is 18.2 Å². The number of nitrogens with zero attached hydrogens (tertiary/aromatic N) is 1. The van der Waals surface area contributed by atoms with Gasteiger partial charge in [-0.3, -0.25) is 9.69 Å². The Balaban J connectivity index is 1.75. The lowest BCUT2D eigenvalue weighted by atomic mass is 10.0. The van der Waals surface area contributed by atoms with Crippen LogP contribution in [-0.2, 0) is 11.3 Å². The van der Waals surface area contributed by atoms with Gasteiger partial charge in [0.2, 0.25) is 0 Å². The molecule has 0 aliphatic carbocycles. The molecule has 0 unspecified atom stereocenters. The van der Waals surface area contributed by atoms with E-state index in [1.54, 1.807) is 24.3 Å². The molecule has 1 saturated heterocycles. The summed E-state index contributed by atoms with van der Waals surface area (Å²) < 4.78 is 5.39. The average Bonchev–Trinajstić information content (AvgIpc) is 2.61. The summed E-state index contributed by atoms with van der Waals surface area (Å²) >= 11 is 12.0. The second kappa shape index (κ2) is 8.63. The lowest BCUT2D eigenvalue weighted by molar-refractivity contribution is 0.0341. The molecular weight excluding hydrogens is 357 g/mol. The lowest BCUT2D eigenvalue weighted by Crippen LogP contribution is -2.35. The number of ether oxygens (including phenoxy) is 1. The SMILES string of the molecule is O=C(/C=C/c1ccccc1CN1CCOCC1)c1ccc(Cl)cc1Cl. The van der Waals surface area contributed by atoms with Gasteiger partial charge < -0.3 is 4.74 Å². The molecule has 0 N–H and O–H groups in total. The van der Waals surface area contributed by atoms with Gasteiger partial charge in [-0.25, -0.2) is 0 Å². The molecule has 1 heterocycles. The molecule has 0 atom stereocenters. The highest BCUT2D eigenvalue weighted by Crippen LogP contribution is 2.22. The largest absolute Gasteiger partial charge is 0.379 e. The number of halogens is 2. The van der Waals surface area contributed by atoms with Crippen LogP contribution in [0, 0.1) is 0 Å². The number of benzene rings is 2.